The summed E-state index contributed by atoms with van der Waals surface area (Å²) in [5, 5.41) is 7.42. The highest BCUT2D eigenvalue weighted by molar-refractivity contribution is 7.98. The molecule has 0 spiro atoms. The third-order valence-electron chi connectivity index (χ3n) is 1.71. The molecule has 1 aromatic rings. The van der Waals surface area contributed by atoms with E-state index >= 15 is 0 Å². The molecule has 0 aromatic carbocycles. The second-order valence-electron chi connectivity index (χ2n) is 2.67. The largest absolute Gasteiger partial charge is 0.366 e. The Morgan fingerprint density at radius 3 is 2.69 bits per heavy atom. The number of nitrogen functional groups attached to an aromatic ring is 2. The number of thioether (sulfide) groups is 1. The lowest BCUT2D eigenvalue weighted by Gasteiger charge is -2.08. The molecule has 7 heteroatoms. The van der Waals surface area contributed by atoms with Crippen molar-refractivity contribution in [1.82, 2.24) is 14.9 Å². The molecular formula is C6H14N6S. The van der Waals surface area contributed by atoms with E-state index in [4.69, 9.17) is 17.3 Å². The van der Waals surface area contributed by atoms with E-state index in [1.54, 1.807) is 11.8 Å². The summed E-state index contributed by atoms with van der Waals surface area (Å²) in [7, 11) is 0. The molecule has 0 fully saturated rings. The maximum Gasteiger partial charge on any atom is 0.240 e. The van der Waals surface area contributed by atoms with Crippen LogP contribution in [0.2, 0.25) is 0 Å². The van der Waals surface area contributed by atoms with Gasteiger partial charge in [-0.25, -0.2) is 4.68 Å². The number of nitrogens with zero attached hydrogens (tertiary/aromatic N) is 3. The van der Waals surface area contributed by atoms with Gasteiger partial charge in [-0.15, -0.1) is 10.2 Å². The third-order valence-corrected chi connectivity index (χ3v) is 2.36. The summed E-state index contributed by atoms with van der Waals surface area (Å²) < 4.78 is 1.23. The lowest BCUT2D eigenvalue weighted by Crippen LogP contribution is -2.22. The van der Waals surface area contributed by atoms with Crippen molar-refractivity contribution in [2.75, 3.05) is 23.6 Å². The highest BCUT2D eigenvalue weighted by atomic mass is 32.2. The first-order chi connectivity index (χ1) is 6.16. The minimum Gasteiger partial charge on any atom is -0.366 e. The number of aromatic nitrogens is 3. The summed E-state index contributed by atoms with van der Waals surface area (Å²) in [4.78, 5) is 0. The van der Waals surface area contributed by atoms with E-state index < -0.39 is 0 Å². The van der Waals surface area contributed by atoms with Gasteiger partial charge in [-0.1, -0.05) is 0 Å². The zero-order valence-corrected chi connectivity index (χ0v) is 8.29. The molecule has 1 atom stereocenters. The van der Waals surface area contributed by atoms with Gasteiger partial charge in [0.2, 0.25) is 5.95 Å². The van der Waals surface area contributed by atoms with Gasteiger partial charge < -0.3 is 17.3 Å². The van der Waals surface area contributed by atoms with Gasteiger partial charge in [-0.05, 0) is 18.4 Å². The first kappa shape index (κ1) is 10.1. The molecule has 0 bridgehead atoms. The van der Waals surface area contributed by atoms with E-state index in [2.05, 4.69) is 10.2 Å². The molecule has 1 heterocycles. The molecule has 1 unspecified atom stereocenters. The topological polar surface area (TPSA) is 109 Å². The summed E-state index contributed by atoms with van der Waals surface area (Å²) in [5.41, 5.74) is 11.2. The number of hydrogen-bond acceptors (Lipinski definition) is 6. The molecule has 1 aromatic heterocycles. The lowest BCUT2D eigenvalue weighted by atomic mass is 10.2. The predicted molar refractivity (Wildman–Crippen MR) is 54.5 cm³/mol. The Kier molecular flexibility index (Phi) is 3.38. The zero-order valence-electron chi connectivity index (χ0n) is 7.47. The molecule has 0 saturated carbocycles. The molecule has 0 aliphatic rings. The molecule has 0 amide bonds. The quantitative estimate of drug-likeness (QED) is 0.558. The van der Waals surface area contributed by atoms with Crippen molar-refractivity contribution in [3.05, 3.63) is 5.82 Å². The van der Waals surface area contributed by atoms with E-state index in [1.165, 1.54) is 4.68 Å². The van der Waals surface area contributed by atoms with Crippen LogP contribution in [0.5, 0.6) is 0 Å². The summed E-state index contributed by atoms with van der Waals surface area (Å²) in [6.07, 6.45) is 2.84. The molecule has 74 valence electrons. The van der Waals surface area contributed by atoms with Crippen molar-refractivity contribution in [2.45, 2.75) is 12.5 Å². The number of hydrogen-bond donors (Lipinski definition) is 3. The van der Waals surface area contributed by atoms with Crippen molar-refractivity contribution in [1.29, 1.82) is 0 Å². The summed E-state index contributed by atoms with van der Waals surface area (Å²) >= 11 is 1.73. The average Bonchev–Trinajstić information content (AvgIpc) is 2.44. The Labute approximate surface area is 80.8 Å². The Bertz CT molecular complexity index is 272. The van der Waals surface area contributed by atoms with Gasteiger partial charge >= 0.3 is 0 Å². The number of anilines is 1. The average molecular weight is 202 g/mol. The molecule has 0 aliphatic carbocycles. The SMILES string of the molecule is CSCCC(N)c1nnc(N)n1N. The van der Waals surface area contributed by atoms with Gasteiger partial charge in [-0.3, -0.25) is 0 Å². The Balaban J connectivity index is 2.65. The van der Waals surface area contributed by atoms with Gasteiger partial charge in [0.25, 0.3) is 0 Å². The van der Waals surface area contributed by atoms with E-state index in [-0.39, 0.29) is 12.0 Å². The predicted octanol–water partition coefficient (Wildman–Crippen LogP) is -0.673. The first-order valence-electron chi connectivity index (χ1n) is 3.87. The Hall–Kier alpha value is -0.950. The van der Waals surface area contributed by atoms with E-state index in [1.807, 2.05) is 6.26 Å². The van der Waals surface area contributed by atoms with Crippen molar-refractivity contribution >= 4 is 17.7 Å². The summed E-state index contributed by atoms with van der Waals surface area (Å²) in [6.45, 7) is 0. The van der Waals surface area contributed by atoms with Crippen LogP contribution in [0.3, 0.4) is 0 Å². The second kappa shape index (κ2) is 4.33. The molecule has 0 saturated heterocycles. The van der Waals surface area contributed by atoms with E-state index in [9.17, 15) is 0 Å². The van der Waals surface area contributed by atoms with Crippen molar-refractivity contribution in [2.24, 2.45) is 5.73 Å². The van der Waals surface area contributed by atoms with Crippen LogP contribution >= 0.6 is 11.8 Å². The standard InChI is InChI=1S/C6H14N6S/c1-13-3-2-4(7)5-10-11-6(8)12(5)9/h4H,2-3,7,9H2,1H3,(H2,8,11). The number of nitrogens with two attached hydrogens (primary N) is 3. The maximum atomic E-state index is 5.82. The van der Waals surface area contributed by atoms with Crippen LogP contribution < -0.4 is 17.3 Å². The fraction of sp³-hybridized carbons (Fsp3) is 0.667. The summed E-state index contributed by atoms with van der Waals surface area (Å²) in [6, 6.07) is -0.192. The minimum absolute atomic E-state index is 0.189. The summed E-state index contributed by atoms with van der Waals surface area (Å²) in [5.74, 6) is 7.24. The van der Waals surface area contributed by atoms with E-state index in [0.29, 0.717) is 5.82 Å². The van der Waals surface area contributed by atoms with Crippen LogP contribution in [0.15, 0.2) is 0 Å². The first-order valence-corrected chi connectivity index (χ1v) is 5.26. The monoisotopic (exact) mass is 202 g/mol. The molecule has 0 aliphatic heterocycles. The van der Waals surface area contributed by atoms with Gasteiger partial charge in [0, 0.05) is 0 Å². The van der Waals surface area contributed by atoms with Crippen molar-refractivity contribution in [3.8, 4) is 0 Å². The molecule has 6 N–H and O–H groups in total. The molecule has 13 heavy (non-hydrogen) atoms. The van der Waals surface area contributed by atoms with Gasteiger partial charge in [0.15, 0.2) is 5.82 Å². The van der Waals surface area contributed by atoms with Gasteiger partial charge in [0.05, 0.1) is 6.04 Å². The van der Waals surface area contributed by atoms with Crippen LogP contribution in [-0.4, -0.2) is 26.9 Å². The van der Waals surface area contributed by atoms with Crippen LogP contribution in [0, 0.1) is 0 Å². The maximum absolute atomic E-state index is 5.82. The fourth-order valence-electron chi connectivity index (χ4n) is 0.943. The van der Waals surface area contributed by atoms with Crippen molar-refractivity contribution in [3.63, 3.8) is 0 Å². The smallest absolute Gasteiger partial charge is 0.240 e. The molecular weight excluding hydrogens is 188 g/mol. The van der Waals surface area contributed by atoms with Crippen LogP contribution in [0.1, 0.15) is 18.3 Å². The number of rotatable bonds is 4. The molecule has 0 radical (unpaired) electrons. The Morgan fingerprint density at radius 2 is 2.23 bits per heavy atom. The van der Waals surface area contributed by atoms with Gasteiger partial charge in [0.1, 0.15) is 0 Å². The Morgan fingerprint density at radius 1 is 1.54 bits per heavy atom. The van der Waals surface area contributed by atoms with Crippen molar-refractivity contribution < 1.29 is 0 Å². The fourth-order valence-corrected chi connectivity index (χ4v) is 1.43. The van der Waals surface area contributed by atoms with E-state index in [0.717, 1.165) is 12.2 Å². The third kappa shape index (κ3) is 2.25. The van der Waals surface area contributed by atoms with Crippen LogP contribution in [-0.2, 0) is 0 Å². The highest BCUT2D eigenvalue weighted by Gasteiger charge is 2.14. The molecule has 6 nitrogen and oxygen atoms in total. The minimum atomic E-state index is -0.192. The normalized spacial score (nSPS) is 13.1. The lowest BCUT2D eigenvalue weighted by molar-refractivity contribution is 0.632. The highest BCUT2D eigenvalue weighted by Crippen LogP contribution is 2.13. The second-order valence-corrected chi connectivity index (χ2v) is 3.66. The van der Waals surface area contributed by atoms with Gasteiger partial charge in [-0.2, -0.15) is 11.8 Å². The zero-order chi connectivity index (χ0) is 9.84. The molecule has 1 rings (SSSR count). The van der Waals surface area contributed by atoms with Crippen LogP contribution in [0.4, 0.5) is 5.95 Å². The van der Waals surface area contributed by atoms with Crippen LogP contribution in [0.25, 0.3) is 0 Å².